The van der Waals surface area contributed by atoms with Crippen LogP contribution in [0.4, 0.5) is 14.9 Å². The number of carbonyl (C=O) groups is 2. The van der Waals surface area contributed by atoms with Crippen molar-refractivity contribution in [2.24, 2.45) is 4.99 Å². The lowest BCUT2D eigenvalue weighted by Gasteiger charge is -2.38. The molecule has 4 aromatic rings. The first kappa shape index (κ1) is 34.6. The number of esters is 1. The predicted octanol–water partition coefficient (Wildman–Crippen LogP) is 6.10. The number of ether oxygens (including phenoxy) is 2. The van der Waals surface area contributed by atoms with E-state index in [1.54, 1.807) is 24.9 Å². The van der Waals surface area contributed by atoms with Gasteiger partial charge in [-0.05, 0) is 67.9 Å². The molecular formula is C37H36ClFN6O5S. The highest BCUT2D eigenvalue weighted by atomic mass is 35.5. The Morgan fingerprint density at radius 3 is 2.45 bits per heavy atom. The van der Waals surface area contributed by atoms with Crippen molar-refractivity contribution >= 4 is 46.5 Å². The number of nitrogens with zero attached hydrogens (tertiary/aromatic N) is 5. The van der Waals surface area contributed by atoms with Gasteiger partial charge in [0.05, 0.1) is 24.3 Å². The van der Waals surface area contributed by atoms with Crippen LogP contribution >= 0.6 is 22.9 Å². The number of aliphatic imine (C=N–C) groups is 1. The molecule has 0 aliphatic carbocycles. The largest absolute Gasteiger partial charge is 0.466 e. The van der Waals surface area contributed by atoms with Crippen LogP contribution < -0.4 is 15.0 Å². The number of aliphatic hydroxyl groups is 1. The van der Waals surface area contributed by atoms with E-state index < -0.39 is 23.4 Å². The van der Waals surface area contributed by atoms with Gasteiger partial charge in [-0.1, -0.05) is 29.8 Å². The average molecular weight is 731 g/mol. The average Bonchev–Trinajstić information content (AvgIpc) is 3.76. The minimum atomic E-state index is -0.938. The number of rotatable bonds is 9. The van der Waals surface area contributed by atoms with Gasteiger partial charge in [0.2, 0.25) is 0 Å². The fourth-order valence-corrected chi connectivity index (χ4v) is 7.44. The summed E-state index contributed by atoms with van der Waals surface area (Å²) < 4.78 is 25.3. The number of carbonyl (C=O) groups excluding carboxylic acids is 2. The van der Waals surface area contributed by atoms with Crippen LogP contribution in [0.3, 0.4) is 0 Å². The third-order valence-corrected chi connectivity index (χ3v) is 10.3. The summed E-state index contributed by atoms with van der Waals surface area (Å²) >= 11 is 7.90. The maximum absolute atomic E-state index is 14.0. The van der Waals surface area contributed by atoms with Gasteiger partial charge in [-0.15, -0.1) is 11.3 Å². The Labute approximate surface area is 303 Å². The molecule has 2 fully saturated rings. The van der Waals surface area contributed by atoms with E-state index in [9.17, 15) is 19.1 Å². The van der Waals surface area contributed by atoms with Gasteiger partial charge in [0.15, 0.2) is 10.8 Å². The van der Waals surface area contributed by atoms with Gasteiger partial charge < -0.3 is 24.8 Å². The Hall–Kier alpha value is -4.82. The van der Waals surface area contributed by atoms with Crippen molar-refractivity contribution in [3.63, 3.8) is 0 Å². The van der Waals surface area contributed by atoms with Gasteiger partial charge in [0.25, 0.3) is 0 Å². The fraction of sp³-hybridized carbons (Fsp3) is 0.297. The molecule has 3 aromatic carbocycles. The molecule has 0 radical (unpaired) electrons. The zero-order valence-electron chi connectivity index (χ0n) is 28.2. The second-order valence-electron chi connectivity index (χ2n) is 13.0. The fourth-order valence-electron chi connectivity index (χ4n) is 6.58. The first-order chi connectivity index (χ1) is 24.5. The van der Waals surface area contributed by atoms with Crippen molar-refractivity contribution in [3.8, 4) is 11.5 Å². The molecule has 4 heterocycles. The number of halogens is 2. The third kappa shape index (κ3) is 7.20. The summed E-state index contributed by atoms with van der Waals surface area (Å²) in [6.07, 6.45) is 1.67. The molecule has 2 unspecified atom stereocenters. The maximum atomic E-state index is 14.0. The Balaban J connectivity index is 1.08. The zero-order valence-corrected chi connectivity index (χ0v) is 29.7. The molecule has 14 heteroatoms. The SMILES string of the molecule is COC(=O)C1=C(CN2CCN3C(=O)N(c4ccc(Oc5ccc(C(C)(C)O)cc5)cc4)CC3C2)NC(c2nccs2)=NC1c1ccc(F)cc1Cl. The van der Waals surface area contributed by atoms with E-state index in [1.807, 2.05) is 58.8 Å². The molecule has 2 N–H and O–H groups in total. The summed E-state index contributed by atoms with van der Waals surface area (Å²) in [6, 6.07) is 17.7. The maximum Gasteiger partial charge on any atom is 0.338 e. The Bertz CT molecular complexity index is 2000. The van der Waals surface area contributed by atoms with E-state index in [-0.39, 0.29) is 22.7 Å². The van der Waals surface area contributed by atoms with Crippen LogP contribution in [0.15, 0.2) is 94.6 Å². The van der Waals surface area contributed by atoms with Gasteiger partial charge in [0, 0.05) is 66.3 Å². The smallest absolute Gasteiger partial charge is 0.338 e. The van der Waals surface area contributed by atoms with E-state index in [0.717, 1.165) is 11.3 Å². The number of fused-ring (bicyclic) bond motifs is 1. The predicted molar refractivity (Wildman–Crippen MR) is 193 cm³/mol. The molecule has 0 spiro atoms. The molecule has 0 bridgehead atoms. The molecule has 7 rings (SSSR count). The van der Waals surface area contributed by atoms with Crippen molar-refractivity contribution in [2.75, 3.05) is 44.7 Å². The number of hydrogen-bond acceptors (Lipinski definition) is 10. The highest BCUT2D eigenvalue weighted by molar-refractivity contribution is 7.11. The van der Waals surface area contributed by atoms with Crippen molar-refractivity contribution in [1.29, 1.82) is 0 Å². The molecule has 2 saturated heterocycles. The van der Waals surface area contributed by atoms with E-state index in [1.165, 1.54) is 36.6 Å². The summed E-state index contributed by atoms with van der Waals surface area (Å²) in [5, 5.41) is 16.2. The topological polar surface area (TPSA) is 120 Å². The van der Waals surface area contributed by atoms with Crippen molar-refractivity contribution in [3.05, 3.63) is 117 Å². The number of anilines is 1. The van der Waals surface area contributed by atoms with Crippen molar-refractivity contribution in [1.82, 2.24) is 20.1 Å². The Morgan fingerprint density at radius 1 is 1.08 bits per heavy atom. The highest BCUT2D eigenvalue weighted by Gasteiger charge is 2.42. The van der Waals surface area contributed by atoms with Gasteiger partial charge in [0.1, 0.15) is 23.4 Å². The van der Waals surface area contributed by atoms with Gasteiger partial charge in [-0.25, -0.2) is 19.0 Å². The number of urea groups is 1. The monoisotopic (exact) mass is 730 g/mol. The second kappa shape index (κ2) is 14.1. The van der Waals surface area contributed by atoms with Crippen LogP contribution in [0.1, 0.15) is 36.0 Å². The van der Waals surface area contributed by atoms with E-state index in [2.05, 4.69) is 15.2 Å². The molecule has 3 aliphatic heterocycles. The summed E-state index contributed by atoms with van der Waals surface area (Å²) in [4.78, 5) is 42.0. The summed E-state index contributed by atoms with van der Waals surface area (Å²) in [5.41, 5.74) is 1.93. The Morgan fingerprint density at radius 2 is 1.80 bits per heavy atom. The molecule has 264 valence electrons. The van der Waals surface area contributed by atoms with Crippen LogP contribution in [-0.2, 0) is 15.1 Å². The van der Waals surface area contributed by atoms with Gasteiger partial charge in [-0.3, -0.25) is 14.8 Å². The molecule has 2 atom stereocenters. The number of aromatic nitrogens is 1. The van der Waals surface area contributed by atoms with Crippen LogP contribution in [0.25, 0.3) is 0 Å². The third-order valence-electron chi connectivity index (χ3n) is 9.19. The molecule has 51 heavy (non-hydrogen) atoms. The lowest BCUT2D eigenvalue weighted by Crippen LogP contribution is -2.53. The highest BCUT2D eigenvalue weighted by Crippen LogP contribution is 2.37. The second-order valence-corrected chi connectivity index (χ2v) is 14.3. The molecule has 1 aromatic heterocycles. The van der Waals surface area contributed by atoms with Gasteiger partial charge >= 0.3 is 12.0 Å². The van der Waals surface area contributed by atoms with Crippen molar-refractivity contribution in [2.45, 2.75) is 31.5 Å². The minimum Gasteiger partial charge on any atom is -0.466 e. The van der Waals surface area contributed by atoms with E-state index >= 15 is 0 Å². The lowest BCUT2D eigenvalue weighted by molar-refractivity contribution is -0.136. The number of methoxy groups -OCH3 is 1. The number of piperazine rings is 1. The molecule has 11 nitrogen and oxygen atoms in total. The standard InChI is InChI=1S/C37H36ClFN6O5S/c1-37(2,48)22-4-9-26(10-5-22)50-27-11-7-24(8-12-27)45-20-25-19-43(15-16-44(25)36(45)47)21-30-31(35(46)49-3)32(28-13-6-23(39)18-29(28)38)42-33(41-30)34-40-14-17-51-34/h4-14,17-18,25,32,48H,15-16,19-21H2,1-3H3,(H,41,42). The van der Waals surface area contributed by atoms with Crippen molar-refractivity contribution < 1.29 is 28.6 Å². The van der Waals surface area contributed by atoms with Gasteiger partial charge in [-0.2, -0.15) is 0 Å². The quantitative estimate of drug-likeness (QED) is 0.199. The molecule has 0 saturated carbocycles. The molecule has 2 amide bonds. The molecular weight excluding hydrogens is 695 g/mol. The Kier molecular flexibility index (Phi) is 9.55. The van der Waals surface area contributed by atoms with Crippen LogP contribution in [0.5, 0.6) is 11.5 Å². The number of amides is 2. The summed E-state index contributed by atoms with van der Waals surface area (Å²) in [7, 11) is 1.31. The van der Waals surface area contributed by atoms with Crippen LogP contribution in [0.2, 0.25) is 5.02 Å². The van der Waals surface area contributed by atoms with Crippen LogP contribution in [0, 0.1) is 5.82 Å². The minimum absolute atomic E-state index is 0.0648. The number of hydrogen-bond donors (Lipinski definition) is 2. The number of thiazole rings is 1. The van der Waals surface area contributed by atoms with E-state index in [0.29, 0.717) is 66.3 Å². The normalized spacial score (nSPS) is 19.5. The summed E-state index contributed by atoms with van der Waals surface area (Å²) in [5.74, 6) is 0.658. The number of amidine groups is 1. The number of benzene rings is 3. The first-order valence-corrected chi connectivity index (χ1v) is 17.7. The molecule has 3 aliphatic rings. The van der Waals surface area contributed by atoms with Crippen LogP contribution in [-0.4, -0.2) is 83.6 Å². The first-order valence-electron chi connectivity index (χ1n) is 16.4. The van der Waals surface area contributed by atoms with E-state index in [4.69, 9.17) is 26.1 Å². The zero-order chi connectivity index (χ0) is 35.9. The summed E-state index contributed by atoms with van der Waals surface area (Å²) in [6.45, 7) is 5.93. The number of nitrogens with one attached hydrogen (secondary N) is 1. The lowest BCUT2D eigenvalue weighted by atomic mass is 9.95.